The maximum Gasteiger partial charge on any atom is 0.144 e. The predicted octanol–water partition coefficient (Wildman–Crippen LogP) is 3.16. The van der Waals surface area contributed by atoms with Crippen LogP contribution in [0.25, 0.3) is 0 Å². The fraction of sp³-hybridized carbons (Fsp3) is 0.750. The van der Waals surface area contributed by atoms with E-state index >= 15 is 0 Å². The summed E-state index contributed by atoms with van der Waals surface area (Å²) in [6, 6.07) is 2.54. The Balaban J connectivity index is 2.05. The largest absolute Gasteiger partial charge is 0.384 e. The van der Waals surface area contributed by atoms with Crippen LogP contribution in [0.1, 0.15) is 57.5 Å². The molecule has 0 aromatic carbocycles. The predicted molar refractivity (Wildman–Crippen MR) is 83.3 cm³/mol. The summed E-state index contributed by atoms with van der Waals surface area (Å²) in [5.74, 6) is 2.20. The van der Waals surface area contributed by atoms with E-state index in [1.54, 1.807) is 0 Å². The minimum atomic E-state index is 0.586. The number of nitrogens with zero attached hydrogens (tertiary/aromatic N) is 3. The molecule has 0 amide bonds. The van der Waals surface area contributed by atoms with Gasteiger partial charge >= 0.3 is 0 Å². The number of nitrogen functional groups attached to an aromatic ring is 1. The molecule has 4 heteroatoms. The number of rotatable bonds is 6. The Labute approximate surface area is 122 Å². The van der Waals surface area contributed by atoms with E-state index in [-0.39, 0.29) is 0 Å². The minimum absolute atomic E-state index is 0.586. The molecule has 0 aliphatic heterocycles. The third-order valence-electron chi connectivity index (χ3n) is 4.10. The van der Waals surface area contributed by atoms with E-state index in [9.17, 15) is 0 Å². The molecular formula is C16H28N4. The highest BCUT2D eigenvalue weighted by molar-refractivity contribution is 5.29. The third-order valence-corrected chi connectivity index (χ3v) is 4.10. The van der Waals surface area contributed by atoms with E-state index in [1.165, 1.54) is 32.1 Å². The molecule has 0 spiro atoms. The molecule has 2 N–H and O–H groups in total. The van der Waals surface area contributed by atoms with Crippen LogP contribution in [-0.2, 0) is 6.54 Å². The second-order valence-electron chi connectivity index (χ2n) is 6.44. The normalized spacial score (nSPS) is 16.4. The summed E-state index contributed by atoms with van der Waals surface area (Å²) in [6.45, 7) is 8.53. The van der Waals surface area contributed by atoms with Crippen molar-refractivity contribution in [1.29, 1.82) is 0 Å². The molecule has 0 saturated heterocycles. The Morgan fingerprint density at radius 1 is 1.30 bits per heavy atom. The Bertz CT molecular complexity index is 404. The van der Waals surface area contributed by atoms with Gasteiger partial charge in [0, 0.05) is 17.8 Å². The van der Waals surface area contributed by atoms with Crippen LogP contribution in [0.5, 0.6) is 0 Å². The summed E-state index contributed by atoms with van der Waals surface area (Å²) in [4.78, 5) is 11.5. The second kappa shape index (κ2) is 7.02. The highest BCUT2D eigenvalue weighted by Gasteiger charge is 2.23. The lowest BCUT2D eigenvalue weighted by molar-refractivity contribution is 0.175. The minimum Gasteiger partial charge on any atom is -0.384 e. The molecule has 1 fully saturated rings. The monoisotopic (exact) mass is 276 g/mol. The van der Waals surface area contributed by atoms with Crippen molar-refractivity contribution in [3.63, 3.8) is 0 Å². The SMILES string of the molecule is Cc1cc(N)nc(CN(CCC(C)C)C2CCCC2)n1. The lowest BCUT2D eigenvalue weighted by Gasteiger charge is -2.29. The van der Waals surface area contributed by atoms with Crippen molar-refractivity contribution >= 4 is 5.82 Å². The van der Waals surface area contributed by atoms with E-state index in [0.717, 1.165) is 30.5 Å². The lowest BCUT2D eigenvalue weighted by atomic mass is 10.1. The molecule has 1 aromatic rings. The van der Waals surface area contributed by atoms with Gasteiger partial charge in [0.25, 0.3) is 0 Å². The topological polar surface area (TPSA) is 55.0 Å². The average molecular weight is 276 g/mol. The molecule has 0 unspecified atom stereocenters. The number of aryl methyl sites for hydroxylation is 1. The Morgan fingerprint density at radius 2 is 2.00 bits per heavy atom. The van der Waals surface area contributed by atoms with Crippen molar-refractivity contribution in [2.75, 3.05) is 12.3 Å². The molecule has 0 bridgehead atoms. The molecule has 20 heavy (non-hydrogen) atoms. The number of hydrogen-bond acceptors (Lipinski definition) is 4. The van der Waals surface area contributed by atoms with E-state index in [4.69, 9.17) is 5.73 Å². The van der Waals surface area contributed by atoms with Crippen LogP contribution in [-0.4, -0.2) is 27.5 Å². The van der Waals surface area contributed by atoms with Gasteiger partial charge in [0.05, 0.1) is 6.54 Å². The van der Waals surface area contributed by atoms with Crippen LogP contribution in [0.15, 0.2) is 6.07 Å². The van der Waals surface area contributed by atoms with Gasteiger partial charge in [-0.05, 0) is 38.6 Å². The number of nitrogens with two attached hydrogens (primary N) is 1. The van der Waals surface area contributed by atoms with E-state index in [0.29, 0.717) is 11.9 Å². The molecule has 0 atom stereocenters. The van der Waals surface area contributed by atoms with Crippen molar-refractivity contribution in [2.24, 2.45) is 5.92 Å². The number of aromatic nitrogens is 2. The Morgan fingerprint density at radius 3 is 2.60 bits per heavy atom. The van der Waals surface area contributed by atoms with Gasteiger partial charge in [0.15, 0.2) is 0 Å². The Kier molecular flexibility index (Phi) is 5.35. The molecule has 112 valence electrons. The van der Waals surface area contributed by atoms with Crippen molar-refractivity contribution in [3.8, 4) is 0 Å². The molecule has 0 radical (unpaired) electrons. The lowest BCUT2D eigenvalue weighted by Crippen LogP contribution is -2.35. The smallest absolute Gasteiger partial charge is 0.144 e. The van der Waals surface area contributed by atoms with Crippen LogP contribution in [0.2, 0.25) is 0 Å². The first-order valence-corrected chi connectivity index (χ1v) is 7.88. The summed E-state index contributed by atoms with van der Waals surface area (Å²) in [5.41, 5.74) is 6.80. The second-order valence-corrected chi connectivity index (χ2v) is 6.44. The molecule has 2 rings (SSSR count). The fourth-order valence-corrected chi connectivity index (χ4v) is 2.99. The number of anilines is 1. The van der Waals surface area contributed by atoms with Crippen LogP contribution >= 0.6 is 0 Å². The molecule has 1 heterocycles. The van der Waals surface area contributed by atoms with Gasteiger partial charge in [-0.1, -0.05) is 26.7 Å². The summed E-state index contributed by atoms with van der Waals surface area (Å²) < 4.78 is 0. The quantitative estimate of drug-likeness (QED) is 0.867. The van der Waals surface area contributed by atoms with Crippen LogP contribution in [0.4, 0.5) is 5.82 Å². The first-order valence-electron chi connectivity index (χ1n) is 7.88. The fourth-order valence-electron chi connectivity index (χ4n) is 2.99. The zero-order valence-electron chi connectivity index (χ0n) is 13.1. The van der Waals surface area contributed by atoms with Crippen molar-refractivity contribution in [3.05, 3.63) is 17.6 Å². The first-order chi connectivity index (χ1) is 9.54. The van der Waals surface area contributed by atoms with Gasteiger partial charge in [0.2, 0.25) is 0 Å². The number of hydrogen-bond donors (Lipinski definition) is 1. The third kappa shape index (κ3) is 4.44. The van der Waals surface area contributed by atoms with Crippen LogP contribution < -0.4 is 5.73 Å². The van der Waals surface area contributed by atoms with Crippen molar-refractivity contribution < 1.29 is 0 Å². The zero-order valence-corrected chi connectivity index (χ0v) is 13.1. The zero-order chi connectivity index (χ0) is 14.5. The van der Waals surface area contributed by atoms with Gasteiger partial charge in [-0.15, -0.1) is 0 Å². The molecule has 1 saturated carbocycles. The van der Waals surface area contributed by atoms with Crippen molar-refractivity contribution in [2.45, 2.75) is 65.5 Å². The van der Waals surface area contributed by atoms with E-state index in [1.807, 2.05) is 13.0 Å². The molecule has 1 aromatic heterocycles. The molecule has 1 aliphatic rings. The van der Waals surface area contributed by atoms with Gasteiger partial charge in [-0.25, -0.2) is 9.97 Å². The average Bonchev–Trinajstić information content (AvgIpc) is 2.86. The van der Waals surface area contributed by atoms with Crippen LogP contribution in [0.3, 0.4) is 0 Å². The highest BCUT2D eigenvalue weighted by atomic mass is 15.2. The first kappa shape index (κ1) is 15.2. The van der Waals surface area contributed by atoms with E-state index < -0.39 is 0 Å². The summed E-state index contributed by atoms with van der Waals surface area (Å²) in [5, 5.41) is 0. The maximum absolute atomic E-state index is 5.84. The molecule has 1 aliphatic carbocycles. The summed E-state index contributed by atoms with van der Waals surface area (Å²) >= 11 is 0. The van der Waals surface area contributed by atoms with Gasteiger partial charge in [-0.3, -0.25) is 4.90 Å². The standard InChI is InChI=1S/C16H28N4/c1-12(2)8-9-20(14-6-4-5-7-14)11-16-18-13(3)10-15(17)19-16/h10,12,14H,4-9,11H2,1-3H3,(H2,17,18,19). The molecule has 4 nitrogen and oxygen atoms in total. The summed E-state index contributed by atoms with van der Waals surface area (Å²) in [7, 11) is 0. The van der Waals surface area contributed by atoms with Gasteiger partial charge < -0.3 is 5.73 Å². The molecular weight excluding hydrogens is 248 g/mol. The van der Waals surface area contributed by atoms with E-state index in [2.05, 4.69) is 28.7 Å². The van der Waals surface area contributed by atoms with Gasteiger partial charge in [0.1, 0.15) is 11.6 Å². The van der Waals surface area contributed by atoms with Crippen LogP contribution in [0, 0.1) is 12.8 Å². The summed E-state index contributed by atoms with van der Waals surface area (Å²) in [6.07, 6.45) is 6.59. The van der Waals surface area contributed by atoms with Gasteiger partial charge in [-0.2, -0.15) is 0 Å². The highest BCUT2D eigenvalue weighted by Crippen LogP contribution is 2.25. The Hall–Kier alpha value is -1.16. The van der Waals surface area contributed by atoms with Crippen molar-refractivity contribution in [1.82, 2.24) is 14.9 Å². The maximum atomic E-state index is 5.84.